The van der Waals surface area contributed by atoms with Crippen molar-refractivity contribution < 1.29 is 9.47 Å². The third kappa shape index (κ3) is 4.87. The standard InChI is InChI=1S/C10H17NO2/c11-6-2-4-7-12-9-10-5-1-3-8-13-10/h10H,1-5,7-9H2. The van der Waals surface area contributed by atoms with Crippen molar-refractivity contribution in [1.82, 2.24) is 0 Å². The molecule has 1 fully saturated rings. The van der Waals surface area contributed by atoms with E-state index in [2.05, 4.69) is 6.07 Å². The fourth-order valence-electron chi connectivity index (χ4n) is 1.41. The Hall–Kier alpha value is -0.590. The Bertz CT molecular complexity index is 159. The largest absolute Gasteiger partial charge is 0.379 e. The van der Waals surface area contributed by atoms with Crippen LogP contribution in [0.1, 0.15) is 32.1 Å². The van der Waals surface area contributed by atoms with Gasteiger partial charge in [0.1, 0.15) is 0 Å². The predicted octanol–water partition coefficient (Wildman–Crippen LogP) is 1.88. The fraction of sp³-hybridized carbons (Fsp3) is 0.900. The van der Waals surface area contributed by atoms with Gasteiger partial charge in [0.2, 0.25) is 0 Å². The maximum atomic E-state index is 8.28. The number of hydrogen-bond donors (Lipinski definition) is 0. The van der Waals surface area contributed by atoms with Gasteiger partial charge in [0.05, 0.1) is 18.8 Å². The molecule has 0 aliphatic carbocycles. The van der Waals surface area contributed by atoms with E-state index in [0.29, 0.717) is 25.7 Å². The smallest absolute Gasteiger partial charge is 0.0808 e. The summed E-state index contributed by atoms with van der Waals surface area (Å²) in [5, 5.41) is 8.28. The molecule has 13 heavy (non-hydrogen) atoms. The van der Waals surface area contributed by atoms with Crippen LogP contribution in [0.2, 0.25) is 0 Å². The molecule has 1 unspecified atom stereocenters. The second-order valence-corrected chi connectivity index (χ2v) is 3.33. The van der Waals surface area contributed by atoms with Gasteiger partial charge in [0.15, 0.2) is 0 Å². The average molecular weight is 183 g/mol. The van der Waals surface area contributed by atoms with Gasteiger partial charge >= 0.3 is 0 Å². The van der Waals surface area contributed by atoms with Crippen molar-refractivity contribution in [2.45, 2.75) is 38.2 Å². The molecule has 0 aromatic rings. The van der Waals surface area contributed by atoms with Gasteiger partial charge in [-0.2, -0.15) is 5.26 Å². The highest BCUT2D eigenvalue weighted by Crippen LogP contribution is 2.12. The minimum atomic E-state index is 0.302. The molecule has 3 heteroatoms. The Balaban J connectivity index is 1.90. The predicted molar refractivity (Wildman–Crippen MR) is 49.3 cm³/mol. The highest BCUT2D eigenvalue weighted by molar-refractivity contribution is 4.68. The number of nitrogens with zero attached hydrogens (tertiary/aromatic N) is 1. The zero-order valence-corrected chi connectivity index (χ0v) is 8.00. The molecule has 74 valence electrons. The van der Waals surface area contributed by atoms with Crippen molar-refractivity contribution in [2.24, 2.45) is 0 Å². The van der Waals surface area contributed by atoms with Gasteiger partial charge in [-0.05, 0) is 25.7 Å². The summed E-state index contributed by atoms with van der Waals surface area (Å²) in [4.78, 5) is 0. The minimum absolute atomic E-state index is 0.302. The second-order valence-electron chi connectivity index (χ2n) is 3.33. The van der Waals surface area contributed by atoms with Crippen LogP contribution in [0.5, 0.6) is 0 Å². The summed E-state index contributed by atoms with van der Waals surface area (Å²) in [5.41, 5.74) is 0. The molecule has 0 radical (unpaired) electrons. The molecule has 0 N–H and O–H groups in total. The van der Waals surface area contributed by atoms with E-state index in [1.165, 1.54) is 12.8 Å². The van der Waals surface area contributed by atoms with Crippen LogP contribution in [0, 0.1) is 11.3 Å². The average Bonchev–Trinajstić information content (AvgIpc) is 2.19. The molecule has 1 atom stereocenters. The highest BCUT2D eigenvalue weighted by atomic mass is 16.5. The van der Waals surface area contributed by atoms with Gasteiger partial charge in [0, 0.05) is 19.6 Å². The van der Waals surface area contributed by atoms with Crippen molar-refractivity contribution in [3.05, 3.63) is 0 Å². The van der Waals surface area contributed by atoms with E-state index >= 15 is 0 Å². The van der Waals surface area contributed by atoms with Crippen LogP contribution in [0.25, 0.3) is 0 Å². The van der Waals surface area contributed by atoms with Gasteiger partial charge in [-0.15, -0.1) is 0 Å². The second kappa shape index (κ2) is 6.88. The summed E-state index contributed by atoms with van der Waals surface area (Å²) < 4.78 is 10.9. The summed E-state index contributed by atoms with van der Waals surface area (Å²) in [7, 11) is 0. The molecule has 0 saturated carbocycles. The molecule has 0 bridgehead atoms. The van der Waals surface area contributed by atoms with E-state index in [0.717, 1.165) is 19.4 Å². The fourth-order valence-corrected chi connectivity index (χ4v) is 1.41. The van der Waals surface area contributed by atoms with Crippen LogP contribution in [0.3, 0.4) is 0 Å². The lowest BCUT2D eigenvalue weighted by molar-refractivity contribution is -0.0407. The minimum Gasteiger partial charge on any atom is -0.379 e. The Morgan fingerprint density at radius 1 is 1.46 bits per heavy atom. The quantitative estimate of drug-likeness (QED) is 0.611. The van der Waals surface area contributed by atoms with E-state index in [9.17, 15) is 0 Å². The number of unbranched alkanes of at least 4 members (excludes halogenated alkanes) is 1. The molecular formula is C10H17NO2. The van der Waals surface area contributed by atoms with E-state index in [1.54, 1.807) is 0 Å². The molecule has 0 aromatic heterocycles. The molecular weight excluding hydrogens is 166 g/mol. The molecule has 3 nitrogen and oxygen atoms in total. The van der Waals surface area contributed by atoms with E-state index in [-0.39, 0.29) is 0 Å². The monoisotopic (exact) mass is 183 g/mol. The number of rotatable bonds is 5. The van der Waals surface area contributed by atoms with Crippen LogP contribution in [-0.2, 0) is 9.47 Å². The zero-order chi connectivity index (χ0) is 9.36. The van der Waals surface area contributed by atoms with Gasteiger partial charge in [-0.25, -0.2) is 0 Å². The lowest BCUT2D eigenvalue weighted by Gasteiger charge is -2.22. The first-order valence-electron chi connectivity index (χ1n) is 5.00. The molecule has 1 aliphatic heterocycles. The van der Waals surface area contributed by atoms with E-state index in [4.69, 9.17) is 14.7 Å². The van der Waals surface area contributed by atoms with Crippen LogP contribution < -0.4 is 0 Å². The Labute approximate surface area is 79.6 Å². The lowest BCUT2D eigenvalue weighted by Crippen LogP contribution is -2.24. The first kappa shape index (κ1) is 10.5. The summed E-state index contributed by atoms with van der Waals surface area (Å²) in [6.45, 7) is 2.27. The van der Waals surface area contributed by atoms with Crippen LogP contribution in [0.4, 0.5) is 0 Å². The van der Waals surface area contributed by atoms with Crippen molar-refractivity contribution >= 4 is 0 Å². The van der Waals surface area contributed by atoms with Crippen molar-refractivity contribution in [3.63, 3.8) is 0 Å². The van der Waals surface area contributed by atoms with Crippen molar-refractivity contribution in [1.29, 1.82) is 5.26 Å². The van der Waals surface area contributed by atoms with E-state index < -0.39 is 0 Å². The third-order valence-corrected chi connectivity index (χ3v) is 2.15. The Morgan fingerprint density at radius 2 is 2.38 bits per heavy atom. The molecule has 1 aliphatic rings. The summed E-state index contributed by atoms with van der Waals surface area (Å²) in [6, 6.07) is 2.09. The molecule has 0 amide bonds. The molecule has 1 heterocycles. The topological polar surface area (TPSA) is 42.2 Å². The normalized spacial score (nSPS) is 22.5. The number of nitriles is 1. The first-order valence-corrected chi connectivity index (χ1v) is 5.00. The summed E-state index contributed by atoms with van der Waals surface area (Å²) in [6.07, 6.45) is 5.29. The van der Waals surface area contributed by atoms with Crippen molar-refractivity contribution in [2.75, 3.05) is 19.8 Å². The van der Waals surface area contributed by atoms with Gasteiger partial charge in [-0.1, -0.05) is 0 Å². The van der Waals surface area contributed by atoms with Crippen molar-refractivity contribution in [3.8, 4) is 6.07 Å². The van der Waals surface area contributed by atoms with E-state index in [1.807, 2.05) is 0 Å². The third-order valence-electron chi connectivity index (χ3n) is 2.15. The summed E-state index contributed by atoms with van der Waals surface area (Å²) >= 11 is 0. The zero-order valence-electron chi connectivity index (χ0n) is 8.00. The van der Waals surface area contributed by atoms with Crippen LogP contribution in [0.15, 0.2) is 0 Å². The Morgan fingerprint density at radius 3 is 3.08 bits per heavy atom. The summed E-state index contributed by atoms with van der Waals surface area (Å²) in [5.74, 6) is 0. The molecule has 0 aromatic carbocycles. The number of hydrogen-bond acceptors (Lipinski definition) is 3. The molecule has 0 spiro atoms. The molecule has 1 saturated heterocycles. The number of ether oxygens (including phenoxy) is 2. The lowest BCUT2D eigenvalue weighted by atomic mass is 10.1. The van der Waals surface area contributed by atoms with Crippen LogP contribution >= 0.6 is 0 Å². The maximum Gasteiger partial charge on any atom is 0.0808 e. The van der Waals surface area contributed by atoms with Gasteiger partial charge < -0.3 is 9.47 Å². The van der Waals surface area contributed by atoms with Gasteiger partial charge in [0.25, 0.3) is 0 Å². The molecule has 1 rings (SSSR count). The van der Waals surface area contributed by atoms with Crippen LogP contribution in [-0.4, -0.2) is 25.9 Å². The first-order chi connectivity index (χ1) is 6.43. The maximum absolute atomic E-state index is 8.28. The Kier molecular flexibility index (Phi) is 5.55. The van der Waals surface area contributed by atoms with Gasteiger partial charge in [-0.3, -0.25) is 0 Å². The SMILES string of the molecule is N#CCCCOCC1CCCCO1. The highest BCUT2D eigenvalue weighted by Gasteiger charge is 2.13.